The smallest absolute Gasteiger partial charge is 0.0726 e. The molecule has 2 nitrogen and oxygen atoms in total. The average molecular weight is 851 g/mol. The molecule has 2 aliphatic carbocycles. The second-order valence-electron chi connectivity index (χ2n) is 18.0. The molecule has 0 radical (unpaired) electrons. The van der Waals surface area contributed by atoms with Crippen molar-refractivity contribution in [3.05, 3.63) is 277 Å². The summed E-state index contributed by atoms with van der Waals surface area (Å²) in [5, 5.41) is 4.96. The van der Waals surface area contributed by atoms with E-state index >= 15 is 0 Å². The molecule has 0 amide bonds. The summed E-state index contributed by atoms with van der Waals surface area (Å²) in [6.45, 7) is 0. The molecule has 0 atom stereocenters. The van der Waals surface area contributed by atoms with E-state index in [-0.39, 0.29) is 0 Å². The second kappa shape index (κ2) is 14.7. The molecule has 2 heteroatoms. The van der Waals surface area contributed by atoms with E-state index in [0.29, 0.717) is 0 Å². The zero-order valence-corrected chi connectivity index (χ0v) is 36.6. The van der Waals surface area contributed by atoms with E-state index in [1.165, 1.54) is 93.8 Å². The summed E-state index contributed by atoms with van der Waals surface area (Å²) >= 11 is 0. The summed E-state index contributed by atoms with van der Waals surface area (Å²) in [6.07, 6.45) is 0. The topological polar surface area (TPSA) is 8.17 Å². The van der Waals surface area contributed by atoms with Crippen LogP contribution in [0.3, 0.4) is 0 Å². The normalized spacial score (nSPS) is 12.9. The van der Waals surface area contributed by atoms with Crippen LogP contribution in [-0.2, 0) is 5.41 Å². The molecule has 0 N–H and O–H groups in total. The number of aromatic nitrogens is 1. The number of anilines is 3. The van der Waals surface area contributed by atoms with Crippen LogP contribution in [0, 0.1) is 0 Å². The van der Waals surface area contributed by atoms with Crippen LogP contribution in [0.4, 0.5) is 17.1 Å². The van der Waals surface area contributed by atoms with E-state index in [4.69, 9.17) is 0 Å². The van der Waals surface area contributed by atoms with Crippen molar-refractivity contribution in [2.45, 2.75) is 5.41 Å². The first-order valence-corrected chi connectivity index (χ1v) is 23.2. The summed E-state index contributed by atoms with van der Waals surface area (Å²) < 4.78 is 2.43. The molecule has 1 heterocycles. The highest BCUT2D eigenvalue weighted by molar-refractivity contribution is 6.10. The Bertz CT molecular complexity index is 3870. The van der Waals surface area contributed by atoms with Crippen LogP contribution in [-0.4, -0.2) is 4.57 Å². The zero-order valence-electron chi connectivity index (χ0n) is 36.6. The molecule has 2 aliphatic rings. The molecule has 0 saturated heterocycles. The molecule has 0 aliphatic heterocycles. The van der Waals surface area contributed by atoms with Crippen LogP contribution in [0.2, 0.25) is 0 Å². The first-order valence-electron chi connectivity index (χ1n) is 23.2. The lowest BCUT2D eigenvalue weighted by atomic mass is 9.70. The van der Waals surface area contributed by atoms with Crippen molar-refractivity contribution in [3.8, 4) is 50.2 Å². The first-order chi connectivity index (χ1) is 33.2. The van der Waals surface area contributed by atoms with Crippen molar-refractivity contribution in [3.63, 3.8) is 0 Å². The quantitative estimate of drug-likeness (QED) is 0.162. The number of hydrogen-bond acceptors (Lipinski definition) is 1. The summed E-state index contributed by atoms with van der Waals surface area (Å²) in [5.41, 5.74) is 21.7. The predicted molar refractivity (Wildman–Crippen MR) is 280 cm³/mol. The van der Waals surface area contributed by atoms with Crippen LogP contribution in [0.25, 0.3) is 82.8 Å². The molecular weight excluding hydrogens is 809 g/mol. The van der Waals surface area contributed by atoms with Crippen molar-refractivity contribution in [1.82, 2.24) is 4.57 Å². The summed E-state index contributed by atoms with van der Waals surface area (Å²) in [5.74, 6) is 0. The van der Waals surface area contributed by atoms with Gasteiger partial charge in [0.1, 0.15) is 0 Å². The highest BCUT2D eigenvalue weighted by Crippen LogP contribution is 2.63. The zero-order chi connectivity index (χ0) is 44.1. The summed E-state index contributed by atoms with van der Waals surface area (Å²) in [4.78, 5) is 2.45. The fourth-order valence-corrected chi connectivity index (χ4v) is 11.7. The summed E-state index contributed by atoms with van der Waals surface area (Å²) in [6, 6.07) is 94.4. The third-order valence-corrected chi connectivity index (χ3v) is 14.6. The molecule has 67 heavy (non-hydrogen) atoms. The third-order valence-electron chi connectivity index (χ3n) is 14.6. The number of rotatable bonds is 6. The van der Waals surface area contributed by atoms with Gasteiger partial charge in [-0.05, 0) is 138 Å². The van der Waals surface area contributed by atoms with E-state index in [1.54, 1.807) is 0 Å². The molecule has 0 unspecified atom stereocenters. The van der Waals surface area contributed by atoms with Crippen LogP contribution < -0.4 is 4.90 Å². The Balaban J connectivity index is 0.960. The number of para-hydroxylation sites is 1. The Labute approximate surface area is 389 Å². The van der Waals surface area contributed by atoms with E-state index in [9.17, 15) is 0 Å². The number of fused-ring (bicyclic) bond motifs is 14. The fraction of sp³-hybridized carbons (Fsp3) is 0.0154. The Morgan fingerprint density at radius 2 is 0.821 bits per heavy atom. The molecule has 0 saturated carbocycles. The highest BCUT2D eigenvalue weighted by atomic mass is 15.1. The van der Waals surface area contributed by atoms with Crippen molar-refractivity contribution in [1.29, 1.82) is 0 Å². The van der Waals surface area contributed by atoms with Crippen LogP contribution >= 0.6 is 0 Å². The predicted octanol–water partition coefficient (Wildman–Crippen LogP) is 17.1. The molecule has 14 rings (SSSR count). The Kier molecular flexibility index (Phi) is 8.23. The lowest BCUT2D eigenvalue weighted by molar-refractivity contribution is 0.793. The SMILES string of the molecule is c1ccc(-c2ccc(N(c3cccc(-c4ccc5c6ccccc6n(-c6ccc7ccccc7c6)c5c4)c3)c3ccc4c(c3)C3(c5ccccc5-c5ccccc53)c3ccccc3-4)cc2)cc1. The van der Waals surface area contributed by atoms with Gasteiger partial charge in [0.2, 0.25) is 0 Å². The van der Waals surface area contributed by atoms with Gasteiger partial charge in [-0.1, -0.05) is 194 Å². The second-order valence-corrected chi connectivity index (χ2v) is 18.0. The maximum atomic E-state index is 2.49. The van der Waals surface area contributed by atoms with Gasteiger partial charge in [-0.3, -0.25) is 0 Å². The third kappa shape index (κ3) is 5.57. The van der Waals surface area contributed by atoms with Crippen LogP contribution in [0.1, 0.15) is 22.3 Å². The summed E-state index contributed by atoms with van der Waals surface area (Å²) in [7, 11) is 0. The van der Waals surface area contributed by atoms with Gasteiger partial charge in [0, 0.05) is 33.5 Å². The van der Waals surface area contributed by atoms with Gasteiger partial charge >= 0.3 is 0 Å². The monoisotopic (exact) mass is 850 g/mol. The van der Waals surface area contributed by atoms with Crippen molar-refractivity contribution >= 4 is 49.6 Å². The minimum atomic E-state index is -0.446. The van der Waals surface area contributed by atoms with Gasteiger partial charge in [-0.15, -0.1) is 0 Å². The molecule has 312 valence electrons. The maximum absolute atomic E-state index is 2.49. The van der Waals surface area contributed by atoms with E-state index in [0.717, 1.165) is 28.3 Å². The largest absolute Gasteiger partial charge is 0.310 e. The molecular formula is C65H42N2. The van der Waals surface area contributed by atoms with Gasteiger partial charge in [0.15, 0.2) is 0 Å². The van der Waals surface area contributed by atoms with Crippen molar-refractivity contribution in [2.24, 2.45) is 0 Å². The minimum Gasteiger partial charge on any atom is -0.310 e. The number of hydrogen-bond donors (Lipinski definition) is 0. The molecule has 12 aromatic rings. The van der Waals surface area contributed by atoms with E-state index in [2.05, 4.69) is 264 Å². The Hall–Kier alpha value is -8.72. The molecule has 0 fully saturated rings. The molecule has 11 aromatic carbocycles. The Morgan fingerprint density at radius 3 is 1.57 bits per heavy atom. The minimum absolute atomic E-state index is 0.446. The van der Waals surface area contributed by atoms with E-state index in [1.807, 2.05) is 0 Å². The lowest BCUT2D eigenvalue weighted by Crippen LogP contribution is -2.26. The highest BCUT2D eigenvalue weighted by Gasteiger charge is 2.51. The van der Waals surface area contributed by atoms with Gasteiger partial charge in [-0.2, -0.15) is 0 Å². The molecule has 0 bridgehead atoms. The van der Waals surface area contributed by atoms with Crippen molar-refractivity contribution < 1.29 is 0 Å². The van der Waals surface area contributed by atoms with Crippen LogP contribution in [0.5, 0.6) is 0 Å². The van der Waals surface area contributed by atoms with Gasteiger partial charge in [0.05, 0.1) is 16.4 Å². The fourth-order valence-electron chi connectivity index (χ4n) is 11.7. The standard InChI is InChI=1S/C65H42N2/c1-2-15-43(16-3-1)45-29-33-49(34-30-45)66(52-36-38-56-55-23-8-12-27-61(55)65(62(56)42-52)59-25-10-6-21-53(59)54-22-7-11-26-60(54)65)50-20-14-19-47(40-50)48-32-37-58-57-24-9-13-28-63(57)67(64(58)41-48)51-35-31-44-17-4-5-18-46(44)39-51/h1-42H. The Morgan fingerprint density at radius 1 is 0.284 bits per heavy atom. The van der Waals surface area contributed by atoms with Gasteiger partial charge in [0.25, 0.3) is 0 Å². The molecule has 1 aromatic heterocycles. The van der Waals surface area contributed by atoms with Crippen LogP contribution in [0.15, 0.2) is 255 Å². The number of benzene rings is 11. The molecule has 1 spiro atoms. The van der Waals surface area contributed by atoms with E-state index < -0.39 is 5.41 Å². The average Bonchev–Trinajstić information content (AvgIpc) is 4.00. The van der Waals surface area contributed by atoms with Gasteiger partial charge in [-0.25, -0.2) is 0 Å². The first kappa shape index (κ1) is 37.6. The van der Waals surface area contributed by atoms with Crippen molar-refractivity contribution in [2.75, 3.05) is 4.90 Å². The van der Waals surface area contributed by atoms with Gasteiger partial charge < -0.3 is 9.47 Å². The number of nitrogens with zero attached hydrogens (tertiary/aromatic N) is 2. The maximum Gasteiger partial charge on any atom is 0.0726 e. The lowest BCUT2D eigenvalue weighted by Gasteiger charge is -2.32.